The molecule has 0 saturated carbocycles. The van der Waals surface area contributed by atoms with Gasteiger partial charge in [-0.15, -0.1) is 0 Å². The first-order chi connectivity index (χ1) is 18.0. The molecule has 1 atom stereocenters. The van der Waals surface area contributed by atoms with Crippen molar-refractivity contribution in [1.82, 2.24) is 29.8 Å². The summed E-state index contributed by atoms with van der Waals surface area (Å²) in [7, 11) is 0. The Morgan fingerprint density at radius 3 is 2.54 bits per heavy atom. The van der Waals surface area contributed by atoms with Crippen molar-refractivity contribution in [3.63, 3.8) is 0 Å². The first-order valence-electron chi connectivity index (χ1n) is 12.1. The van der Waals surface area contributed by atoms with Gasteiger partial charge >= 0.3 is 6.09 Å². The summed E-state index contributed by atoms with van der Waals surface area (Å²) in [5, 5.41) is 7.01. The Hall–Kier alpha value is -3.99. The molecule has 3 N–H and O–H groups in total. The van der Waals surface area contributed by atoms with Crippen LogP contribution in [0.3, 0.4) is 0 Å². The fourth-order valence-corrected chi connectivity index (χ4v) is 5.50. The Kier molecular flexibility index (Phi) is 5.99. The lowest BCUT2D eigenvalue weighted by molar-refractivity contribution is -0.139. The van der Waals surface area contributed by atoms with Crippen LogP contribution >= 0.6 is 15.9 Å². The molecule has 6 rings (SSSR count). The van der Waals surface area contributed by atoms with E-state index >= 15 is 0 Å². The van der Waals surface area contributed by atoms with Gasteiger partial charge in [0.1, 0.15) is 5.82 Å². The number of amides is 2. The number of cyclic esters (lactones) is 1. The number of alkyl carbamates (subject to hydrolysis) is 1. The van der Waals surface area contributed by atoms with Crippen LogP contribution in [0.15, 0.2) is 59.3 Å². The summed E-state index contributed by atoms with van der Waals surface area (Å²) in [6, 6.07) is 14.0. The molecule has 5 heterocycles. The van der Waals surface area contributed by atoms with Crippen molar-refractivity contribution in [1.29, 1.82) is 0 Å². The Bertz CT molecular complexity index is 1480. The summed E-state index contributed by atoms with van der Waals surface area (Å²) < 4.78 is 7.40. The van der Waals surface area contributed by atoms with E-state index in [-0.39, 0.29) is 18.4 Å². The quantitative estimate of drug-likeness (QED) is 0.389. The van der Waals surface area contributed by atoms with Crippen molar-refractivity contribution >= 4 is 39.4 Å². The third-order valence-electron chi connectivity index (χ3n) is 6.94. The first kappa shape index (κ1) is 23.4. The minimum absolute atomic E-state index is 0.108. The summed E-state index contributed by atoms with van der Waals surface area (Å²) in [5.41, 5.74) is 11.7. The molecule has 37 heavy (non-hydrogen) atoms. The van der Waals surface area contributed by atoms with Crippen molar-refractivity contribution in [2.75, 3.05) is 25.4 Å². The number of halogens is 1. The van der Waals surface area contributed by atoms with Crippen molar-refractivity contribution in [2.24, 2.45) is 0 Å². The number of ether oxygens (including phenoxy) is 1. The number of aromatic nitrogens is 4. The van der Waals surface area contributed by atoms with Gasteiger partial charge in [0.25, 0.3) is 5.91 Å². The zero-order valence-electron chi connectivity index (χ0n) is 19.8. The van der Waals surface area contributed by atoms with E-state index in [1.807, 2.05) is 48.7 Å². The normalized spacial score (nSPS) is 18.1. The number of carbonyl (C=O) groups is 2. The number of carbonyl (C=O) groups excluding carboxylic acids is 2. The average molecular weight is 562 g/mol. The van der Waals surface area contributed by atoms with E-state index in [1.165, 1.54) is 0 Å². The van der Waals surface area contributed by atoms with Crippen LogP contribution < -0.4 is 11.1 Å². The molecule has 0 bridgehead atoms. The molecule has 4 aromatic rings. The number of likely N-dealkylation sites (tertiary alicyclic amines) is 1. The molecule has 0 spiro atoms. The van der Waals surface area contributed by atoms with Gasteiger partial charge in [0.15, 0.2) is 11.8 Å². The molecule has 3 aromatic heterocycles. The van der Waals surface area contributed by atoms with Gasteiger partial charge in [0.2, 0.25) is 0 Å². The van der Waals surface area contributed by atoms with Crippen molar-refractivity contribution in [2.45, 2.75) is 24.9 Å². The Labute approximate surface area is 221 Å². The van der Waals surface area contributed by atoms with Crippen LogP contribution in [0.4, 0.5) is 10.6 Å². The van der Waals surface area contributed by atoms with Crippen molar-refractivity contribution < 1.29 is 14.3 Å². The van der Waals surface area contributed by atoms with E-state index in [2.05, 4.69) is 31.3 Å². The second-order valence-corrected chi connectivity index (χ2v) is 9.96. The highest BCUT2D eigenvalue weighted by Gasteiger charge is 2.35. The average Bonchev–Trinajstić information content (AvgIpc) is 3.57. The number of benzene rings is 1. The number of nitrogen functional groups attached to an aromatic ring is 1. The number of fused-ring (bicyclic) bond motifs is 1. The van der Waals surface area contributed by atoms with Gasteiger partial charge in [-0.2, -0.15) is 9.61 Å². The van der Waals surface area contributed by atoms with Gasteiger partial charge < -0.3 is 20.7 Å². The minimum Gasteiger partial charge on any atom is -0.434 e. The second kappa shape index (κ2) is 9.47. The molecule has 10 nitrogen and oxygen atoms in total. The monoisotopic (exact) mass is 561 g/mol. The summed E-state index contributed by atoms with van der Waals surface area (Å²) in [4.78, 5) is 35.4. The van der Waals surface area contributed by atoms with E-state index in [4.69, 9.17) is 15.5 Å². The zero-order valence-corrected chi connectivity index (χ0v) is 21.4. The highest BCUT2D eigenvalue weighted by molar-refractivity contribution is 9.10. The highest BCUT2D eigenvalue weighted by atomic mass is 79.9. The van der Waals surface area contributed by atoms with E-state index < -0.39 is 12.2 Å². The van der Waals surface area contributed by atoms with Crippen LogP contribution in [-0.4, -0.2) is 62.2 Å². The lowest BCUT2D eigenvalue weighted by Crippen LogP contribution is -2.44. The number of rotatable bonds is 4. The van der Waals surface area contributed by atoms with E-state index in [0.717, 1.165) is 40.9 Å². The van der Waals surface area contributed by atoms with Gasteiger partial charge in [-0.3, -0.25) is 9.78 Å². The van der Waals surface area contributed by atoms with Crippen molar-refractivity contribution in [3.8, 4) is 22.4 Å². The van der Waals surface area contributed by atoms with Crippen LogP contribution in [0.2, 0.25) is 0 Å². The number of anilines is 1. The maximum atomic E-state index is 12.7. The zero-order chi connectivity index (χ0) is 25.5. The molecule has 0 radical (unpaired) electrons. The smallest absolute Gasteiger partial charge is 0.408 e. The minimum atomic E-state index is -0.753. The molecule has 188 valence electrons. The molecule has 2 aliphatic heterocycles. The summed E-state index contributed by atoms with van der Waals surface area (Å²) in [6.45, 7) is 1.31. The largest absolute Gasteiger partial charge is 0.434 e. The molecule has 2 amide bonds. The van der Waals surface area contributed by atoms with Gasteiger partial charge in [-0.1, -0.05) is 36.4 Å². The predicted octanol–water partition coefficient (Wildman–Crippen LogP) is 3.62. The number of pyridine rings is 1. The SMILES string of the molecule is Nc1c(Br)c(C2CCN(C(=O)C3CNC(=O)O3)CC2)nc2c(-c3ccc(-c4ccccc4)nc3)cnn12. The fraction of sp³-hybridized carbons (Fsp3) is 0.269. The molecular weight excluding hydrogens is 538 g/mol. The van der Waals surface area contributed by atoms with Crippen LogP contribution in [0.25, 0.3) is 28.0 Å². The third kappa shape index (κ3) is 4.29. The predicted molar refractivity (Wildman–Crippen MR) is 141 cm³/mol. The number of hydrogen-bond acceptors (Lipinski definition) is 7. The Morgan fingerprint density at radius 1 is 1.08 bits per heavy atom. The van der Waals surface area contributed by atoms with Gasteiger partial charge in [0, 0.05) is 41.9 Å². The highest BCUT2D eigenvalue weighted by Crippen LogP contribution is 2.37. The van der Waals surface area contributed by atoms with Gasteiger partial charge in [-0.25, -0.2) is 9.78 Å². The van der Waals surface area contributed by atoms with E-state index in [9.17, 15) is 9.59 Å². The summed E-state index contributed by atoms with van der Waals surface area (Å²) in [5.74, 6) is 0.419. The number of piperidine rings is 1. The first-order valence-corrected chi connectivity index (χ1v) is 12.9. The maximum Gasteiger partial charge on any atom is 0.408 e. The summed E-state index contributed by atoms with van der Waals surface area (Å²) in [6.07, 6.45) is 3.72. The lowest BCUT2D eigenvalue weighted by atomic mass is 9.92. The number of nitrogens with zero attached hydrogens (tertiary/aromatic N) is 5. The van der Waals surface area contributed by atoms with Crippen LogP contribution in [0, 0.1) is 0 Å². The molecule has 1 aromatic carbocycles. The third-order valence-corrected chi connectivity index (χ3v) is 7.75. The van der Waals surface area contributed by atoms with Gasteiger partial charge in [-0.05, 0) is 34.8 Å². The molecule has 2 saturated heterocycles. The van der Waals surface area contributed by atoms with Gasteiger partial charge in [0.05, 0.1) is 28.6 Å². The fourth-order valence-electron chi connectivity index (χ4n) is 4.92. The van der Waals surface area contributed by atoms with E-state index in [0.29, 0.717) is 29.0 Å². The summed E-state index contributed by atoms with van der Waals surface area (Å²) >= 11 is 3.64. The molecule has 1 unspecified atom stereocenters. The lowest BCUT2D eigenvalue weighted by Gasteiger charge is -2.33. The topological polar surface area (TPSA) is 128 Å². The Morgan fingerprint density at radius 2 is 1.86 bits per heavy atom. The van der Waals surface area contributed by atoms with Crippen LogP contribution in [0.1, 0.15) is 24.5 Å². The molecular formula is C26H24BrN7O3. The number of nitrogens with two attached hydrogens (primary N) is 1. The van der Waals surface area contributed by atoms with E-state index in [1.54, 1.807) is 15.6 Å². The number of nitrogens with one attached hydrogen (secondary N) is 1. The van der Waals surface area contributed by atoms with Crippen molar-refractivity contribution in [3.05, 3.63) is 65.0 Å². The number of hydrogen-bond donors (Lipinski definition) is 2. The van der Waals surface area contributed by atoms with Crippen LogP contribution in [-0.2, 0) is 9.53 Å². The molecule has 2 aliphatic rings. The Balaban J connectivity index is 1.25. The standard InChI is InChI=1S/C26H24BrN7O3/c27-21-22(16-8-10-33(11-9-16)25(35)20-14-30-26(36)37-20)32-24-18(13-31-34(24)23(21)28)17-6-7-19(29-12-17)15-4-2-1-3-5-15/h1-7,12-13,16,20H,8-11,14,28H2,(H,30,36). The molecule has 11 heteroatoms. The maximum absolute atomic E-state index is 12.7. The second-order valence-electron chi connectivity index (χ2n) is 9.16. The van der Waals surface area contributed by atoms with Crippen LogP contribution in [0.5, 0.6) is 0 Å². The molecule has 2 fully saturated rings. The molecule has 0 aliphatic carbocycles.